The van der Waals surface area contributed by atoms with Crippen LogP contribution in [0, 0.1) is 5.92 Å². The van der Waals surface area contributed by atoms with Crippen molar-refractivity contribution >= 4 is 22.8 Å². The Bertz CT molecular complexity index is 633. The number of esters is 1. The highest BCUT2D eigenvalue weighted by Gasteiger charge is 2.28. The first-order valence-electron chi connectivity index (χ1n) is 6.35. The molecule has 1 unspecified atom stereocenters. The topological polar surface area (TPSA) is 76.5 Å². The first kappa shape index (κ1) is 14.0. The van der Waals surface area contributed by atoms with Crippen molar-refractivity contribution in [1.82, 2.24) is 4.98 Å². The molecule has 1 heterocycles. The normalized spacial score (nSPS) is 12.1. The number of fused-ring (bicyclic) bond motifs is 1. The van der Waals surface area contributed by atoms with E-state index in [1.54, 1.807) is 19.2 Å². The van der Waals surface area contributed by atoms with Gasteiger partial charge in [-0.05, 0) is 25.0 Å². The number of nitrogens with zero attached hydrogens (tertiary/aromatic N) is 1. The van der Waals surface area contributed by atoms with E-state index in [4.69, 9.17) is 4.74 Å². The summed E-state index contributed by atoms with van der Waals surface area (Å²) in [6, 6.07) is 9.21. The van der Waals surface area contributed by atoms with E-state index in [1.807, 2.05) is 24.3 Å². The van der Waals surface area contributed by atoms with Crippen LogP contribution < -0.4 is 0 Å². The van der Waals surface area contributed by atoms with E-state index in [2.05, 4.69) is 4.98 Å². The predicted octanol–water partition coefficient (Wildman–Crippen LogP) is 2.04. The van der Waals surface area contributed by atoms with Crippen LogP contribution in [0.3, 0.4) is 0 Å². The lowest BCUT2D eigenvalue weighted by atomic mass is 9.97. The molecule has 0 radical (unpaired) electrons. The molecule has 0 amide bonds. The Morgan fingerprint density at radius 1 is 1.30 bits per heavy atom. The molecule has 5 heteroatoms. The molecule has 1 N–H and O–H groups in total. The molecule has 1 atom stereocenters. The summed E-state index contributed by atoms with van der Waals surface area (Å²) in [5, 5.41) is 10.1. The standard InChI is InChI=1S/C15H15NO4/c1-2-20-15(19)12(14(17)18)9-11-6-3-5-10-7-4-8-16-13(10)11/h3-8,12H,2,9H2,1H3,(H,17,18). The zero-order valence-electron chi connectivity index (χ0n) is 11.1. The van der Waals surface area contributed by atoms with Gasteiger partial charge in [0.25, 0.3) is 0 Å². The number of hydrogen-bond donors (Lipinski definition) is 1. The molecule has 0 saturated carbocycles. The minimum absolute atomic E-state index is 0.0719. The van der Waals surface area contributed by atoms with Gasteiger partial charge in [-0.25, -0.2) is 0 Å². The van der Waals surface area contributed by atoms with E-state index < -0.39 is 17.9 Å². The highest BCUT2D eigenvalue weighted by Crippen LogP contribution is 2.20. The molecular formula is C15H15NO4. The smallest absolute Gasteiger partial charge is 0.320 e. The van der Waals surface area contributed by atoms with Crippen molar-refractivity contribution in [1.29, 1.82) is 0 Å². The number of para-hydroxylation sites is 1. The van der Waals surface area contributed by atoms with Crippen LogP contribution in [-0.4, -0.2) is 28.6 Å². The third-order valence-electron chi connectivity index (χ3n) is 3.01. The first-order valence-corrected chi connectivity index (χ1v) is 6.35. The summed E-state index contributed by atoms with van der Waals surface area (Å²) in [6.07, 6.45) is 1.72. The molecule has 1 aromatic heterocycles. The average Bonchev–Trinajstić information content (AvgIpc) is 2.44. The monoisotopic (exact) mass is 273 g/mol. The molecule has 1 aromatic carbocycles. The second-order valence-corrected chi connectivity index (χ2v) is 4.34. The number of ether oxygens (including phenoxy) is 1. The average molecular weight is 273 g/mol. The number of rotatable bonds is 5. The Kier molecular flexibility index (Phi) is 4.30. The van der Waals surface area contributed by atoms with Crippen molar-refractivity contribution in [3.05, 3.63) is 42.1 Å². The number of carboxylic acid groups (broad SMARTS) is 1. The van der Waals surface area contributed by atoms with Crippen LogP contribution in [0.5, 0.6) is 0 Å². The number of hydrogen-bond acceptors (Lipinski definition) is 4. The summed E-state index contributed by atoms with van der Waals surface area (Å²) in [4.78, 5) is 27.2. The number of aliphatic carboxylic acids is 1. The number of pyridine rings is 1. The zero-order chi connectivity index (χ0) is 14.5. The number of carboxylic acids is 1. The molecule has 0 bridgehead atoms. The second-order valence-electron chi connectivity index (χ2n) is 4.34. The van der Waals surface area contributed by atoms with Crippen LogP contribution in [0.1, 0.15) is 12.5 Å². The molecule has 0 aliphatic heterocycles. The summed E-state index contributed by atoms with van der Waals surface area (Å²) in [7, 11) is 0. The van der Waals surface area contributed by atoms with Crippen LogP contribution in [0.2, 0.25) is 0 Å². The van der Waals surface area contributed by atoms with Crippen LogP contribution >= 0.6 is 0 Å². The van der Waals surface area contributed by atoms with E-state index in [0.717, 1.165) is 10.9 Å². The summed E-state index contributed by atoms with van der Waals surface area (Å²) in [5.74, 6) is -3.10. The van der Waals surface area contributed by atoms with Crippen LogP contribution in [0.15, 0.2) is 36.5 Å². The minimum Gasteiger partial charge on any atom is -0.481 e. The maximum absolute atomic E-state index is 11.7. The maximum Gasteiger partial charge on any atom is 0.320 e. The fraction of sp³-hybridized carbons (Fsp3) is 0.267. The Morgan fingerprint density at radius 3 is 2.75 bits per heavy atom. The lowest BCUT2D eigenvalue weighted by molar-refractivity contribution is -0.158. The van der Waals surface area contributed by atoms with Gasteiger partial charge in [0, 0.05) is 11.6 Å². The number of carbonyl (C=O) groups excluding carboxylic acids is 1. The van der Waals surface area contributed by atoms with E-state index >= 15 is 0 Å². The van der Waals surface area contributed by atoms with Gasteiger partial charge in [-0.1, -0.05) is 24.3 Å². The largest absolute Gasteiger partial charge is 0.481 e. The Labute approximate surface area is 116 Å². The highest BCUT2D eigenvalue weighted by molar-refractivity contribution is 5.95. The van der Waals surface area contributed by atoms with Gasteiger partial charge in [-0.2, -0.15) is 0 Å². The summed E-state index contributed by atoms with van der Waals surface area (Å²) in [5.41, 5.74) is 1.44. The van der Waals surface area contributed by atoms with Crippen LogP contribution in [0.25, 0.3) is 10.9 Å². The number of benzene rings is 1. The van der Waals surface area contributed by atoms with Crippen molar-refractivity contribution in [3.8, 4) is 0 Å². The van der Waals surface area contributed by atoms with E-state index in [-0.39, 0.29) is 13.0 Å². The van der Waals surface area contributed by atoms with Gasteiger partial charge >= 0.3 is 11.9 Å². The number of aromatic nitrogens is 1. The van der Waals surface area contributed by atoms with E-state index in [9.17, 15) is 14.7 Å². The van der Waals surface area contributed by atoms with Crippen molar-refractivity contribution in [2.45, 2.75) is 13.3 Å². The SMILES string of the molecule is CCOC(=O)C(Cc1cccc2cccnc12)C(=O)O. The van der Waals surface area contributed by atoms with Gasteiger partial charge in [0.2, 0.25) is 0 Å². The van der Waals surface area contributed by atoms with E-state index in [1.165, 1.54) is 0 Å². The number of carbonyl (C=O) groups is 2. The van der Waals surface area contributed by atoms with Gasteiger partial charge in [-0.3, -0.25) is 14.6 Å². The second kappa shape index (κ2) is 6.14. The van der Waals surface area contributed by atoms with Crippen molar-refractivity contribution in [2.75, 3.05) is 6.61 Å². The van der Waals surface area contributed by atoms with Crippen molar-refractivity contribution in [3.63, 3.8) is 0 Å². The molecule has 5 nitrogen and oxygen atoms in total. The Hall–Kier alpha value is -2.43. The van der Waals surface area contributed by atoms with Gasteiger partial charge in [-0.15, -0.1) is 0 Å². The van der Waals surface area contributed by atoms with Crippen molar-refractivity contribution < 1.29 is 19.4 Å². The van der Waals surface area contributed by atoms with E-state index in [0.29, 0.717) is 5.52 Å². The summed E-state index contributed by atoms with van der Waals surface area (Å²) < 4.78 is 4.81. The maximum atomic E-state index is 11.7. The molecular weight excluding hydrogens is 258 g/mol. The molecule has 0 fully saturated rings. The summed E-state index contributed by atoms with van der Waals surface area (Å²) >= 11 is 0. The molecule has 2 rings (SSSR count). The lowest BCUT2D eigenvalue weighted by Crippen LogP contribution is -2.28. The van der Waals surface area contributed by atoms with Gasteiger partial charge in [0.05, 0.1) is 12.1 Å². The Balaban J connectivity index is 2.34. The molecule has 0 spiro atoms. The van der Waals surface area contributed by atoms with Gasteiger partial charge in [0.15, 0.2) is 5.92 Å². The fourth-order valence-corrected chi connectivity index (χ4v) is 2.07. The third-order valence-corrected chi connectivity index (χ3v) is 3.01. The van der Waals surface area contributed by atoms with Gasteiger partial charge in [0.1, 0.15) is 0 Å². The van der Waals surface area contributed by atoms with Crippen LogP contribution in [0.4, 0.5) is 0 Å². The zero-order valence-corrected chi connectivity index (χ0v) is 11.1. The van der Waals surface area contributed by atoms with Crippen molar-refractivity contribution in [2.24, 2.45) is 5.92 Å². The third kappa shape index (κ3) is 2.93. The fourth-order valence-electron chi connectivity index (χ4n) is 2.07. The Morgan fingerprint density at radius 2 is 2.05 bits per heavy atom. The molecule has 2 aromatic rings. The summed E-state index contributed by atoms with van der Waals surface area (Å²) in [6.45, 7) is 1.81. The highest BCUT2D eigenvalue weighted by atomic mass is 16.5. The molecule has 0 saturated heterocycles. The molecule has 20 heavy (non-hydrogen) atoms. The predicted molar refractivity (Wildman–Crippen MR) is 73.2 cm³/mol. The van der Waals surface area contributed by atoms with Crippen LogP contribution in [-0.2, 0) is 20.7 Å². The minimum atomic E-state index is -1.21. The first-order chi connectivity index (χ1) is 9.63. The lowest BCUT2D eigenvalue weighted by Gasteiger charge is -2.12. The molecule has 0 aliphatic carbocycles. The quantitative estimate of drug-likeness (QED) is 0.666. The molecule has 0 aliphatic rings. The van der Waals surface area contributed by atoms with Gasteiger partial charge < -0.3 is 9.84 Å². The molecule has 104 valence electrons.